The van der Waals surface area contributed by atoms with Crippen molar-refractivity contribution < 1.29 is 9.59 Å². The monoisotopic (exact) mass is 321 g/mol. The summed E-state index contributed by atoms with van der Waals surface area (Å²) in [5, 5.41) is 14.5. The molecule has 0 spiro atoms. The number of hydrogen-bond acceptors (Lipinski definition) is 3. The van der Waals surface area contributed by atoms with E-state index in [2.05, 4.69) is 10.6 Å². The van der Waals surface area contributed by atoms with Gasteiger partial charge in [0.05, 0.1) is 11.3 Å². The molecule has 0 fully saturated rings. The Labute approximate surface area is 141 Å². The van der Waals surface area contributed by atoms with Crippen LogP contribution in [0.2, 0.25) is 0 Å². The van der Waals surface area contributed by atoms with Crippen molar-refractivity contribution >= 4 is 23.2 Å². The Hall–Kier alpha value is -3.13. The van der Waals surface area contributed by atoms with Gasteiger partial charge in [-0.05, 0) is 50.6 Å². The van der Waals surface area contributed by atoms with Crippen LogP contribution in [0.5, 0.6) is 0 Å². The van der Waals surface area contributed by atoms with E-state index in [0.29, 0.717) is 16.9 Å². The van der Waals surface area contributed by atoms with Crippen LogP contribution in [0.1, 0.15) is 25.0 Å². The van der Waals surface area contributed by atoms with Crippen molar-refractivity contribution in [3.8, 4) is 6.07 Å². The molecule has 0 bridgehead atoms. The molecule has 0 aliphatic heterocycles. The van der Waals surface area contributed by atoms with E-state index >= 15 is 0 Å². The van der Waals surface area contributed by atoms with Crippen molar-refractivity contribution in [1.82, 2.24) is 0 Å². The zero-order valence-corrected chi connectivity index (χ0v) is 13.9. The van der Waals surface area contributed by atoms with Gasteiger partial charge in [-0.2, -0.15) is 5.26 Å². The van der Waals surface area contributed by atoms with Crippen LogP contribution in [0.4, 0.5) is 11.4 Å². The Bertz CT molecular complexity index is 819. The van der Waals surface area contributed by atoms with E-state index in [4.69, 9.17) is 5.26 Å². The highest BCUT2D eigenvalue weighted by Gasteiger charge is 2.36. The van der Waals surface area contributed by atoms with E-state index in [-0.39, 0.29) is 0 Å². The fraction of sp³-hybridized carbons (Fsp3) is 0.211. The van der Waals surface area contributed by atoms with Crippen molar-refractivity contribution in [3.63, 3.8) is 0 Å². The van der Waals surface area contributed by atoms with Gasteiger partial charge in [-0.3, -0.25) is 9.59 Å². The highest BCUT2D eigenvalue weighted by atomic mass is 16.2. The van der Waals surface area contributed by atoms with Crippen LogP contribution in [-0.2, 0) is 9.59 Å². The van der Waals surface area contributed by atoms with Crippen LogP contribution in [0.3, 0.4) is 0 Å². The number of carbonyl (C=O) groups is 2. The Balaban J connectivity index is 2.15. The van der Waals surface area contributed by atoms with Crippen LogP contribution < -0.4 is 10.6 Å². The summed E-state index contributed by atoms with van der Waals surface area (Å²) < 4.78 is 0. The first kappa shape index (κ1) is 17.2. The molecule has 0 atom stereocenters. The first-order valence-electron chi connectivity index (χ1n) is 7.53. The number of benzene rings is 2. The summed E-state index contributed by atoms with van der Waals surface area (Å²) in [5.74, 6) is -0.893. The molecule has 0 aromatic heterocycles. The molecule has 0 radical (unpaired) electrons. The molecule has 2 rings (SSSR count). The van der Waals surface area contributed by atoms with Crippen LogP contribution in [-0.4, -0.2) is 11.8 Å². The average molecular weight is 321 g/mol. The molecular weight excluding hydrogens is 302 g/mol. The summed E-state index contributed by atoms with van der Waals surface area (Å²) in [5.41, 5.74) is 1.09. The van der Waals surface area contributed by atoms with Crippen molar-refractivity contribution in [2.75, 3.05) is 10.6 Å². The largest absolute Gasteiger partial charge is 0.325 e. The molecule has 0 aliphatic carbocycles. The number of rotatable bonds is 4. The molecule has 5 heteroatoms. The normalized spacial score (nSPS) is 10.6. The van der Waals surface area contributed by atoms with E-state index < -0.39 is 17.2 Å². The van der Waals surface area contributed by atoms with Gasteiger partial charge < -0.3 is 10.6 Å². The van der Waals surface area contributed by atoms with Crippen LogP contribution in [0.15, 0.2) is 48.5 Å². The van der Waals surface area contributed by atoms with E-state index in [1.165, 1.54) is 0 Å². The number of anilines is 2. The number of nitrogens with one attached hydrogen (secondary N) is 2. The van der Waals surface area contributed by atoms with Gasteiger partial charge in [-0.1, -0.05) is 24.3 Å². The standard InChI is InChI=1S/C19H19N3O2/c1-13-7-6-9-15(11-13)21-17(23)19(2,3)18(24)22-16-10-5-4-8-14(16)12-20/h4-11H,1-3H3,(H,21,23)(H,22,24). The minimum absolute atomic E-state index is 0.348. The quantitative estimate of drug-likeness (QED) is 0.846. The molecule has 24 heavy (non-hydrogen) atoms. The molecule has 0 saturated carbocycles. The van der Waals surface area contributed by atoms with Gasteiger partial charge in [-0.25, -0.2) is 0 Å². The maximum atomic E-state index is 12.5. The summed E-state index contributed by atoms with van der Waals surface area (Å²) in [4.78, 5) is 25.0. The zero-order chi connectivity index (χ0) is 17.7. The maximum Gasteiger partial charge on any atom is 0.239 e. The van der Waals surface area contributed by atoms with Gasteiger partial charge in [0.15, 0.2) is 0 Å². The van der Waals surface area contributed by atoms with Gasteiger partial charge in [0.1, 0.15) is 11.5 Å². The van der Waals surface area contributed by atoms with Crippen LogP contribution in [0, 0.1) is 23.7 Å². The van der Waals surface area contributed by atoms with Gasteiger partial charge in [0.25, 0.3) is 0 Å². The third kappa shape index (κ3) is 3.79. The number of amides is 2. The molecular formula is C19H19N3O2. The first-order valence-corrected chi connectivity index (χ1v) is 7.53. The van der Waals surface area contributed by atoms with Crippen LogP contribution >= 0.6 is 0 Å². The third-order valence-electron chi connectivity index (χ3n) is 3.71. The fourth-order valence-electron chi connectivity index (χ4n) is 2.08. The highest BCUT2D eigenvalue weighted by Crippen LogP contribution is 2.23. The summed E-state index contributed by atoms with van der Waals surface area (Å²) in [6.07, 6.45) is 0. The second-order valence-electron chi connectivity index (χ2n) is 6.06. The second kappa shape index (κ2) is 6.97. The number of hydrogen-bond donors (Lipinski definition) is 2. The zero-order valence-electron chi connectivity index (χ0n) is 13.9. The van der Waals surface area contributed by atoms with Crippen molar-refractivity contribution in [3.05, 3.63) is 59.7 Å². The molecule has 122 valence electrons. The van der Waals surface area contributed by atoms with Gasteiger partial charge in [0, 0.05) is 5.69 Å². The Morgan fingerprint density at radius 1 is 1.00 bits per heavy atom. The number of nitrogens with zero attached hydrogens (tertiary/aromatic N) is 1. The topological polar surface area (TPSA) is 82.0 Å². The lowest BCUT2D eigenvalue weighted by molar-refractivity contribution is -0.135. The fourth-order valence-corrected chi connectivity index (χ4v) is 2.08. The number of aryl methyl sites for hydroxylation is 1. The number of nitriles is 1. The second-order valence-corrected chi connectivity index (χ2v) is 6.06. The summed E-state index contributed by atoms with van der Waals surface area (Å²) in [6.45, 7) is 5.01. The number of para-hydroxylation sites is 1. The Morgan fingerprint density at radius 3 is 2.33 bits per heavy atom. The van der Waals surface area contributed by atoms with Crippen molar-refractivity contribution in [2.45, 2.75) is 20.8 Å². The summed E-state index contributed by atoms with van der Waals surface area (Å²) in [7, 11) is 0. The minimum Gasteiger partial charge on any atom is -0.325 e. The molecule has 0 saturated heterocycles. The van der Waals surface area contributed by atoms with Gasteiger partial charge in [-0.15, -0.1) is 0 Å². The lowest BCUT2D eigenvalue weighted by Crippen LogP contribution is -2.41. The predicted molar refractivity (Wildman–Crippen MR) is 93.4 cm³/mol. The lowest BCUT2D eigenvalue weighted by atomic mass is 9.90. The molecule has 0 heterocycles. The molecule has 2 aromatic carbocycles. The molecule has 0 aliphatic rings. The van der Waals surface area contributed by atoms with Gasteiger partial charge in [0.2, 0.25) is 11.8 Å². The predicted octanol–water partition coefficient (Wildman–Crippen LogP) is 3.47. The Morgan fingerprint density at radius 2 is 1.67 bits per heavy atom. The van der Waals surface area contributed by atoms with Gasteiger partial charge >= 0.3 is 0 Å². The first-order chi connectivity index (χ1) is 11.3. The molecule has 2 aromatic rings. The van der Waals surface area contributed by atoms with Crippen LogP contribution in [0.25, 0.3) is 0 Å². The Kier molecular flexibility index (Phi) is 5.00. The van der Waals surface area contributed by atoms with E-state index in [1.807, 2.05) is 31.2 Å². The lowest BCUT2D eigenvalue weighted by Gasteiger charge is -2.23. The van der Waals surface area contributed by atoms with E-state index in [1.54, 1.807) is 44.2 Å². The molecule has 2 amide bonds. The summed E-state index contributed by atoms with van der Waals surface area (Å²) in [6, 6.07) is 16.0. The highest BCUT2D eigenvalue weighted by molar-refractivity contribution is 6.14. The van der Waals surface area contributed by atoms with E-state index in [0.717, 1.165) is 5.56 Å². The summed E-state index contributed by atoms with van der Waals surface area (Å²) >= 11 is 0. The average Bonchev–Trinajstić information content (AvgIpc) is 2.55. The number of carbonyl (C=O) groups excluding carboxylic acids is 2. The molecule has 0 unspecified atom stereocenters. The SMILES string of the molecule is Cc1cccc(NC(=O)C(C)(C)C(=O)Nc2ccccc2C#N)c1. The molecule has 2 N–H and O–H groups in total. The molecule has 5 nitrogen and oxygen atoms in total. The van der Waals surface area contributed by atoms with Crippen molar-refractivity contribution in [2.24, 2.45) is 5.41 Å². The smallest absolute Gasteiger partial charge is 0.239 e. The van der Waals surface area contributed by atoms with E-state index in [9.17, 15) is 9.59 Å². The maximum absolute atomic E-state index is 12.5. The minimum atomic E-state index is -1.30. The third-order valence-corrected chi connectivity index (χ3v) is 3.71. The van der Waals surface area contributed by atoms with Crippen molar-refractivity contribution in [1.29, 1.82) is 5.26 Å².